The number of fused-ring (bicyclic) bond motifs is 3. The highest BCUT2D eigenvalue weighted by atomic mass is 16.5. The Bertz CT molecular complexity index is 983. The van der Waals surface area contributed by atoms with Gasteiger partial charge in [-0.05, 0) is 49.0 Å². The number of aromatic amines is 1. The van der Waals surface area contributed by atoms with Crippen LogP contribution in [-0.4, -0.2) is 32.6 Å². The number of nitrogens with zero attached hydrogens (tertiary/aromatic N) is 3. The van der Waals surface area contributed by atoms with Gasteiger partial charge in [-0.3, -0.25) is 4.40 Å². The fraction of sp³-hybridized carbons (Fsp3) is 0.652. The Kier molecular flexibility index (Phi) is 4.00. The Labute approximate surface area is 165 Å². The van der Waals surface area contributed by atoms with E-state index in [1.807, 2.05) is 12.4 Å². The van der Waals surface area contributed by atoms with Crippen LogP contribution in [0.3, 0.4) is 0 Å². The first-order chi connectivity index (χ1) is 13.8. The van der Waals surface area contributed by atoms with Crippen molar-refractivity contribution in [3.63, 3.8) is 0 Å². The summed E-state index contributed by atoms with van der Waals surface area (Å²) < 4.78 is 7.94. The van der Waals surface area contributed by atoms with Gasteiger partial charge >= 0.3 is 0 Å². The van der Waals surface area contributed by atoms with E-state index in [0.29, 0.717) is 11.8 Å². The van der Waals surface area contributed by atoms with Gasteiger partial charge in [-0.2, -0.15) is 0 Å². The third kappa shape index (κ3) is 2.78. The summed E-state index contributed by atoms with van der Waals surface area (Å²) in [5.74, 6) is 4.82. The normalized spacial score (nSPS) is 29.5. The number of ether oxygens (including phenoxy) is 1. The zero-order valence-electron chi connectivity index (χ0n) is 16.7. The van der Waals surface area contributed by atoms with E-state index < -0.39 is 0 Å². The Morgan fingerprint density at radius 1 is 1.18 bits per heavy atom. The number of rotatable bonds is 6. The zero-order valence-corrected chi connectivity index (χ0v) is 16.7. The van der Waals surface area contributed by atoms with Crippen molar-refractivity contribution in [2.24, 2.45) is 29.6 Å². The van der Waals surface area contributed by atoms with E-state index in [9.17, 15) is 0 Å². The monoisotopic (exact) mass is 378 g/mol. The fourth-order valence-corrected chi connectivity index (χ4v) is 6.00. The molecule has 0 bridgehead atoms. The molecule has 2 aliphatic carbocycles. The molecule has 2 unspecified atom stereocenters. The van der Waals surface area contributed by atoms with E-state index in [0.717, 1.165) is 53.7 Å². The van der Waals surface area contributed by atoms with Crippen molar-refractivity contribution >= 4 is 16.8 Å². The summed E-state index contributed by atoms with van der Waals surface area (Å²) in [5.41, 5.74) is 4.44. The summed E-state index contributed by atoms with van der Waals surface area (Å²) in [5, 5.41) is 0. The molecule has 0 aromatic carbocycles. The van der Waals surface area contributed by atoms with Crippen LogP contribution in [-0.2, 0) is 4.74 Å². The summed E-state index contributed by atoms with van der Waals surface area (Å²) in [4.78, 5) is 12.4. The molecule has 4 heterocycles. The molecule has 4 atom stereocenters. The average Bonchev–Trinajstić information content (AvgIpc) is 3.03. The highest BCUT2D eigenvalue weighted by molar-refractivity contribution is 5.74. The first-order valence-corrected chi connectivity index (χ1v) is 11.1. The van der Waals surface area contributed by atoms with Crippen LogP contribution < -0.4 is 0 Å². The number of H-pyrrole nitrogens is 1. The number of imidazole rings is 1. The summed E-state index contributed by atoms with van der Waals surface area (Å²) in [7, 11) is 0. The number of nitrogens with one attached hydrogen (secondary N) is 1. The molecular weight excluding hydrogens is 348 g/mol. The van der Waals surface area contributed by atoms with Gasteiger partial charge in [0.2, 0.25) is 0 Å². The maximum atomic E-state index is 5.60. The molecule has 5 nitrogen and oxygen atoms in total. The Balaban J connectivity index is 1.30. The van der Waals surface area contributed by atoms with Crippen molar-refractivity contribution in [2.45, 2.75) is 51.4 Å². The quantitative estimate of drug-likeness (QED) is 0.671. The lowest BCUT2D eigenvalue weighted by Crippen LogP contribution is -2.37. The number of hydrogen-bond donors (Lipinski definition) is 1. The largest absolute Gasteiger partial charge is 0.381 e. The van der Waals surface area contributed by atoms with Crippen LogP contribution >= 0.6 is 0 Å². The molecule has 28 heavy (non-hydrogen) atoms. The third-order valence-corrected chi connectivity index (χ3v) is 7.85. The Morgan fingerprint density at radius 3 is 2.86 bits per heavy atom. The third-order valence-electron chi connectivity index (χ3n) is 7.85. The second kappa shape index (κ2) is 6.58. The predicted molar refractivity (Wildman–Crippen MR) is 109 cm³/mol. The van der Waals surface area contributed by atoms with Crippen molar-refractivity contribution in [3.05, 3.63) is 30.4 Å². The molecule has 0 spiro atoms. The molecule has 6 rings (SSSR count). The van der Waals surface area contributed by atoms with Crippen molar-refractivity contribution in [3.8, 4) is 0 Å². The molecular formula is C23H30N4O. The molecule has 0 radical (unpaired) electrons. The Hall–Kier alpha value is -1.88. The zero-order chi connectivity index (χ0) is 18.7. The number of aromatic nitrogens is 4. The lowest BCUT2D eigenvalue weighted by atomic mass is 9.76. The molecule has 3 aliphatic rings. The van der Waals surface area contributed by atoms with Crippen molar-refractivity contribution in [2.75, 3.05) is 13.2 Å². The fourth-order valence-electron chi connectivity index (χ4n) is 6.00. The maximum Gasteiger partial charge on any atom is 0.156 e. The van der Waals surface area contributed by atoms with Gasteiger partial charge in [-0.25, -0.2) is 9.97 Å². The van der Waals surface area contributed by atoms with Gasteiger partial charge in [0.1, 0.15) is 0 Å². The molecule has 0 amide bonds. The van der Waals surface area contributed by atoms with Gasteiger partial charge in [0.05, 0.1) is 24.9 Å². The lowest BCUT2D eigenvalue weighted by Gasteiger charge is -2.37. The molecule has 148 valence electrons. The van der Waals surface area contributed by atoms with Gasteiger partial charge in [-0.15, -0.1) is 0 Å². The second-order valence-electron chi connectivity index (χ2n) is 9.64. The summed E-state index contributed by atoms with van der Waals surface area (Å²) in [6.45, 7) is 4.45. The highest BCUT2D eigenvalue weighted by Crippen LogP contribution is 2.50. The van der Waals surface area contributed by atoms with Crippen LogP contribution in [0.15, 0.2) is 24.7 Å². The lowest BCUT2D eigenvalue weighted by molar-refractivity contribution is -0.0757. The molecule has 2 saturated carbocycles. The summed E-state index contributed by atoms with van der Waals surface area (Å²) >= 11 is 0. The minimum atomic E-state index is 0.588. The van der Waals surface area contributed by atoms with E-state index in [1.54, 1.807) is 0 Å². The van der Waals surface area contributed by atoms with Gasteiger partial charge in [0.25, 0.3) is 0 Å². The van der Waals surface area contributed by atoms with Crippen LogP contribution in [0.25, 0.3) is 16.8 Å². The van der Waals surface area contributed by atoms with Crippen LogP contribution in [0.5, 0.6) is 0 Å². The van der Waals surface area contributed by atoms with Crippen molar-refractivity contribution < 1.29 is 4.74 Å². The standard InChI is InChI=1S/C23H30N4O/c1-14-8-16(18(17-12-28-13-17)5-4-15-2-3-15)9-19(14)21-10-25-22-11-26-23-20(27(21)22)6-7-24-23/h6-7,10-11,14-19,24H,2-5,8-9,12-13H2,1H3/t14-,16+,18?,19?/m1/s1. The van der Waals surface area contributed by atoms with Crippen molar-refractivity contribution in [1.29, 1.82) is 0 Å². The Morgan fingerprint density at radius 2 is 2.07 bits per heavy atom. The minimum absolute atomic E-state index is 0.588. The highest BCUT2D eigenvalue weighted by Gasteiger charge is 2.42. The van der Waals surface area contributed by atoms with Gasteiger partial charge in [0, 0.05) is 29.9 Å². The van der Waals surface area contributed by atoms with E-state index in [1.165, 1.54) is 44.2 Å². The SMILES string of the molecule is C[C@@H]1C[C@H](C(CCC2CC2)C2COC2)CC1c1cnc2cnc3[nH]ccc3n12. The average molecular weight is 379 g/mol. The smallest absolute Gasteiger partial charge is 0.156 e. The summed E-state index contributed by atoms with van der Waals surface area (Å²) in [6.07, 6.45) is 14.4. The maximum absolute atomic E-state index is 5.60. The van der Waals surface area contributed by atoms with Gasteiger partial charge in [-0.1, -0.05) is 26.2 Å². The van der Waals surface area contributed by atoms with Crippen LogP contribution in [0.4, 0.5) is 0 Å². The minimum Gasteiger partial charge on any atom is -0.381 e. The van der Waals surface area contributed by atoms with Crippen LogP contribution in [0.1, 0.15) is 57.1 Å². The summed E-state index contributed by atoms with van der Waals surface area (Å²) in [6, 6.07) is 2.13. The molecule has 3 aromatic rings. The first-order valence-electron chi connectivity index (χ1n) is 11.1. The molecule has 5 heteroatoms. The van der Waals surface area contributed by atoms with E-state index in [2.05, 4.69) is 33.6 Å². The van der Waals surface area contributed by atoms with Gasteiger partial charge < -0.3 is 9.72 Å². The predicted octanol–water partition coefficient (Wildman–Crippen LogP) is 4.79. The molecule has 3 aromatic heterocycles. The molecule has 1 saturated heterocycles. The van der Waals surface area contributed by atoms with E-state index >= 15 is 0 Å². The van der Waals surface area contributed by atoms with Crippen LogP contribution in [0, 0.1) is 29.6 Å². The molecule has 1 N–H and O–H groups in total. The first kappa shape index (κ1) is 17.0. The molecule has 3 fully saturated rings. The second-order valence-corrected chi connectivity index (χ2v) is 9.64. The van der Waals surface area contributed by atoms with E-state index in [-0.39, 0.29) is 0 Å². The van der Waals surface area contributed by atoms with Crippen molar-refractivity contribution in [1.82, 2.24) is 19.4 Å². The van der Waals surface area contributed by atoms with E-state index in [4.69, 9.17) is 9.72 Å². The van der Waals surface area contributed by atoms with Crippen LogP contribution in [0.2, 0.25) is 0 Å². The topological polar surface area (TPSA) is 55.2 Å². The number of hydrogen-bond acceptors (Lipinski definition) is 3. The molecule has 1 aliphatic heterocycles. The van der Waals surface area contributed by atoms with Gasteiger partial charge in [0.15, 0.2) is 11.3 Å².